The van der Waals surface area contributed by atoms with Gasteiger partial charge in [-0.2, -0.15) is 0 Å². The van der Waals surface area contributed by atoms with Gasteiger partial charge in [0, 0.05) is 58.2 Å². The summed E-state index contributed by atoms with van der Waals surface area (Å²) in [7, 11) is 0. The van der Waals surface area contributed by atoms with Crippen LogP contribution in [0.15, 0.2) is 18.5 Å². The van der Waals surface area contributed by atoms with E-state index in [1.54, 1.807) is 12.4 Å². The van der Waals surface area contributed by atoms with Gasteiger partial charge in [0.05, 0.1) is 0 Å². The average Bonchev–Trinajstić information content (AvgIpc) is 3.04. The lowest BCUT2D eigenvalue weighted by molar-refractivity contribution is 0.0285. The van der Waals surface area contributed by atoms with Gasteiger partial charge in [-0.3, -0.25) is 4.90 Å². The Morgan fingerprint density at radius 2 is 1.84 bits per heavy atom. The maximum Gasteiger partial charge on any atom is 0.410 e. The van der Waals surface area contributed by atoms with Gasteiger partial charge in [-0.25, -0.2) is 14.8 Å². The normalized spacial score (nSPS) is 22.3. The monoisotopic (exact) mass is 347 g/mol. The van der Waals surface area contributed by atoms with Gasteiger partial charge < -0.3 is 14.5 Å². The fourth-order valence-corrected chi connectivity index (χ4v) is 3.42. The Kier molecular flexibility index (Phi) is 5.42. The van der Waals surface area contributed by atoms with Crippen molar-refractivity contribution in [3.05, 3.63) is 18.5 Å². The highest BCUT2D eigenvalue weighted by molar-refractivity contribution is 5.68. The Labute approximate surface area is 150 Å². The quantitative estimate of drug-likeness (QED) is 0.832. The first kappa shape index (κ1) is 17.9. The average molecular weight is 347 g/mol. The van der Waals surface area contributed by atoms with Crippen molar-refractivity contribution >= 4 is 12.0 Å². The summed E-state index contributed by atoms with van der Waals surface area (Å²) in [5, 5.41) is 0. The predicted molar refractivity (Wildman–Crippen MR) is 96.6 cm³/mol. The van der Waals surface area contributed by atoms with Crippen LogP contribution in [-0.4, -0.2) is 77.3 Å². The van der Waals surface area contributed by atoms with Crippen molar-refractivity contribution < 1.29 is 9.53 Å². The number of nitrogens with zero attached hydrogens (tertiary/aromatic N) is 5. The van der Waals surface area contributed by atoms with E-state index in [4.69, 9.17) is 4.74 Å². The highest BCUT2D eigenvalue weighted by Crippen LogP contribution is 2.21. The number of amides is 1. The van der Waals surface area contributed by atoms with E-state index >= 15 is 0 Å². The van der Waals surface area contributed by atoms with Crippen LogP contribution in [0.25, 0.3) is 0 Å². The Balaban J connectivity index is 1.42. The van der Waals surface area contributed by atoms with Gasteiger partial charge in [0.25, 0.3) is 0 Å². The molecule has 0 saturated carbocycles. The van der Waals surface area contributed by atoms with Gasteiger partial charge in [0.1, 0.15) is 5.60 Å². The lowest BCUT2D eigenvalue weighted by Crippen LogP contribution is -2.48. The number of anilines is 1. The molecule has 1 amide bonds. The van der Waals surface area contributed by atoms with Gasteiger partial charge in [0.2, 0.25) is 5.95 Å². The second-order valence-corrected chi connectivity index (χ2v) is 7.92. The van der Waals surface area contributed by atoms with Crippen LogP contribution in [0.3, 0.4) is 0 Å². The van der Waals surface area contributed by atoms with Crippen LogP contribution in [0, 0.1) is 5.92 Å². The molecule has 138 valence electrons. The molecule has 7 nitrogen and oxygen atoms in total. The summed E-state index contributed by atoms with van der Waals surface area (Å²) in [6.07, 6.45) is 4.46. The van der Waals surface area contributed by atoms with Crippen LogP contribution in [-0.2, 0) is 4.74 Å². The molecule has 25 heavy (non-hydrogen) atoms. The van der Waals surface area contributed by atoms with E-state index in [0.717, 1.165) is 58.2 Å². The largest absolute Gasteiger partial charge is 0.444 e. The van der Waals surface area contributed by atoms with E-state index in [1.165, 1.54) is 0 Å². The molecule has 0 unspecified atom stereocenters. The van der Waals surface area contributed by atoms with E-state index in [9.17, 15) is 4.79 Å². The third kappa shape index (κ3) is 5.04. The Morgan fingerprint density at radius 1 is 1.16 bits per heavy atom. The summed E-state index contributed by atoms with van der Waals surface area (Å²) >= 11 is 0. The number of carbonyl (C=O) groups excluding carboxylic acids is 1. The van der Waals surface area contributed by atoms with Crippen LogP contribution in [0.5, 0.6) is 0 Å². The van der Waals surface area contributed by atoms with Crippen molar-refractivity contribution in [1.29, 1.82) is 0 Å². The highest BCUT2D eigenvalue weighted by Gasteiger charge is 2.31. The molecule has 1 atom stereocenters. The molecule has 0 aromatic carbocycles. The van der Waals surface area contributed by atoms with Crippen molar-refractivity contribution in [3.8, 4) is 0 Å². The molecule has 0 spiro atoms. The molecule has 2 saturated heterocycles. The lowest BCUT2D eigenvalue weighted by Gasteiger charge is -2.35. The standard InChI is InChI=1S/C18H29N5O2/c1-18(2,3)25-17(24)23-8-5-15(14-23)13-21-9-11-22(12-10-21)16-19-6-4-7-20-16/h4,6-7,15H,5,8-14H2,1-3H3/t15-/m0/s1. The van der Waals surface area contributed by atoms with Crippen molar-refractivity contribution in [1.82, 2.24) is 19.8 Å². The number of rotatable bonds is 3. The molecule has 7 heteroatoms. The molecular formula is C18H29N5O2. The number of ether oxygens (including phenoxy) is 1. The first-order chi connectivity index (χ1) is 11.9. The maximum absolute atomic E-state index is 12.2. The molecule has 3 rings (SSSR count). The molecule has 0 N–H and O–H groups in total. The van der Waals surface area contributed by atoms with Crippen LogP contribution in [0.1, 0.15) is 27.2 Å². The number of aromatic nitrogens is 2. The first-order valence-electron chi connectivity index (χ1n) is 9.13. The Hall–Kier alpha value is -1.89. The smallest absolute Gasteiger partial charge is 0.410 e. The molecule has 2 fully saturated rings. The van der Waals surface area contributed by atoms with Gasteiger partial charge in [-0.05, 0) is 39.2 Å². The highest BCUT2D eigenvalue weighted by atomic mass is 16.6. The number of carbonyl (C=O) groups is 1. The van der Waals surface area contributed by atoms with Crippen molar-refractivity contribution in [2.45, 2.75) is 32.8 Å². The minimum Gasteiger partial charge on any atom is -0.444 e. The minimum atomic E-state index is -0.426. The predicted octanol–water partition coefficient (Wildman–Crippen LogP) is 1.86. The van der Waals surface area contributed by atoms with E-state index < -0.39 is 5.60 Å². The van der Waals surface area contributed by atoms with Crippen LogP contribution in [0.4, 0.5) is 10.7 Å². The molecule has 1 aromatic rings. The molecule has 0 aliphatic carbocycles. The molecule has 0 bridgehead atoms. The summed E-state index contributed by atoms with van der Waals surface area (Å²) in [5.74, 6) is 1.35. The van der Waals surface area contributed by atoms with E-state index in [2.05, 4.69) is 19.8 Å². The fourth-order valence-electron chi connectivity index (χ4n) is 3.42. The van der Waals surface area contributed by atoms with Crippen LogP contribution >= 0.6 is 0 Å². The molecule has 3 heterocycles. The zero-order chi connectivity index (χ0) is 17.9. The topological polar surface area (TPSA) is 61.8 Å². The number of hydrogen-bond acceptors (Lipinski definition) is 6. The third-order valence-electron chi connectivity index (χ3n) is 4.66. The zero-order valence-corrected chi connectivity index (χ0v) is 15.5. The van der Waals surface area contributed by atoms with E-state index in [1.807, 2.05) is 31.7 Å². The summed E-state index contributed by atoms with van der Waals surface area (Å²) in [6.45, 7) is 12.3. The number of piperazine rings is 1. The van der Waals surface area contributed by atoms with Gasteiger partial charge in [0.15, 0.2) is 0 Å². The fraction of sp³-hybridized carbons (Fsp3) is 0.722. The van der Waals surface area contributed by atoms with Gasteiger partial charge in [-0.1, -0.05) is 0 Å². The SMILES string of the molecule is CC(C)(C)OC(=O)N1CC[C@@H](CN2CCN(c3ncccn3)CC2)C1. The van der Waals surface area contributed by atoms with Crippen molar-refractivity contribution in [3.63, 3.8) is 0 Å². The first-order valence-corrected chi connectivity index (χ1v) is 9.13. The molecule has 1 aromatic heterocycles. The third-order valence-corrected chi connectivity index (χ3v) is 4.66. The molecule has 2 aliphatic rings. The molecule has 0 radical (unpaired) electrons. The van der Waals surface area contributed by atoms with Gasteiger partial charge in [-0.15, -0.1) is 0 Å². The van der Waals surface area contributed by atoms with Crippen molar-refractivity contribution in [2.75, 3.05) is 50.7 Å². The summed E-state index contributed by atoms with van der Waals surface area (Å²) in [5.41, 5.74) is -0.426. The van der Waals surface area contributed by atoms with Gasteiger partial charge >= 0.3 is 6.09 Å². The summed E-state index contributed by atoms with van der Waals surface area (Å²) < 4.78 is 5.48. The van der Waals surface area contributed by atoms with E-state index in [-0.39, 0.29) is 6.09 Å². The van der Waals surface area contributed by atoms with E-state index in [0.29, 0.717) is 5.92 Å². The van der Waals surface area contributed by atoms with Crippen LogP contribution < -0.4 is 4.90 Å². The Morgan fingerprint density at radius 3 is 2.48 bits per heavy atom. The minimum absolute atomic E-state index is 0.180. The lowest BCUT2D eigenvalue weighted by atomic mass is 10.1. The molecular weight excluding hydrogens is 318 g/mol. The summed E-state index contributed by atoms with van der Waals surface area (Å²) in [6, 6.07) is 1.84. The number of hydrogen-bond donors (Lipinski definition) is 0. The second-order valence-electron chi connectivity index (χ2n) is 7.92. The second kappa shape index (κ2) is 7.56. The zero-order valence-electron chi connectivity index (χ0n) is 15.5. The number of likely N-dealkylation sites (tertiary alicyclic amines) is 1. The molecule has 2 aliphatic heterocycles. The maximum atomic E-state index is 12.2. The Bertz CT molecular complexity index is 567. The van der Waals surface area contributed by atoms with Crippen LogP contribution in [0.2, 0.25) is 0 Å². The summed E-state index contributed by atoms with van der Waals surface area (Å²) in [4.78, 5) is 27.4. The van der Waals surface area contributed by atoms with Crippen molar-refractivity contribution in [2.24, 2.45) is 5.92 Å².